The number of nitrogens with one attached hydrogen (secondary N) is 1. The fraction of sp³-hybridized carbons (Fsp3) is 0.929. The van der Waals surface area contributed by atoms with Gasteiger partial charge in [-0.15, -0.1) is 0 Å². The molecule has 4 heteroatoms. The molecule has 2 unspecified atom stereocenters. The molecule has 1 amide bonds. The van der Waals surface area contributed by atoms with E-state index in [9.17, 15) is 4.79 Å². The minimum atomic E-state index is -0.402. The monoisotopic (exact) mass is 258 g/mol. The molecule has 0 rings (SSSR count). The van der Waals surface area contributed by atoms with E-state index in [4.69, 9.17) is 10.5 Å². The Hall–Kier alpha value is -0.610. The van der Waals surface area contributed by atoms with Crippen LogP contribution in [0.15, 0.2) is 0 Å². The summed E-state index contributed by atoms with van der Waals surface area (Å²) in [4.78, 5) is 11.9. The summed E-state index contributed by atoms with van der Waals surface area (Å²) in [6.07, 6.45) is 7.02. The van der Waals surface area contributed by atoms with Gasteiger partial charge >= 0.3 is 0 Å². The van der Waals surface area contributed by atoms with Crippen LogP contribution in [0.5, 0.6) is 0 Å². The summed E-state index contributed by atoms with van der Waals surface area (Å²) in [6, 6.07) is -0.114. The Bertz CT molecular complexity index is 210. The van der Waals surface area contributed by atoms with E-state index in [0.29, 0.717) is 13.0 Å². The first-order chi connectivity index (χ1) is 8.65. The molecule has 0 radical (unpaired) electrons. The maximum atomic E-state index is 11.9. The van der Waals surface area contributed by atoms with Crippen molar-refractivity contribution in [3.05, 3.63) is 0 Å². The molecule has 0 aliphatic heterocycles. The third-order valence-corrected chi connectivity index (χ3v) is 3.09. The maximum absolute atomic E-state index is 11.9. The number of carbonyl (C=O) groups is 1. The first-order valence-electron chi connectivity index (χ1n) is 7.20. The summed E-state index contributed by atoms with van der Waals surface area (Å²) >= 11 is 0. The number of hydrogen-bond donors (Lipinski definition) is 2. The number of amides is 1. The summed E-state index contributed by atoms with van der Waals surface area (Å²) in [7, 11) is 1.66. The second kappa shape index (κ2) is 11.5. The van der Waals surface area contributed by atoms with Crippen molar-refractivity contribution >= 4 is 5.91 Å². The maximum Gasteiger partial charge on any atom is 0.237 e. The van der Waals surface area contributed by atoms with E-state index in [1.54, 1.807) is 7.11 Å². The van der Waals surface area contributed by atoms with Crippen LogP contribution in [-0.2, 0) is 9.53 Å². The molecule has 0 heterocycles. The van der Waals surface area contributed by atoms with Gasteiger partial charge in [0.05, 0.1) is 6.04 Å². The molecule has 108 valence electrons. The molecule has 0 aromatic carbocycles. The number of hydrogen-bond acceptors (Lipinski definition) is 3. The zero-order valence-corrected chi connectivity index (χ0v) is 12.2. The molecule has 18 heavy (non-hydrogen) atoms. The molecule has 3 N–H and O–H groups in total. The Labute approximate surface area is 112 Å². The van der Waals surface area contributed by atoms with Crippen molar-refractivity contribution in [2.24, 2.45) is 5.73 Å². The van der Waals surface area contributed by atoms with Gasteiger partial charge < -0.3 is 15.8 Å². The molecular formula is C14H30N2O2. The molecule has 4 nitrogen and oxygen atoms in total. The summed E-state index contributed by atoms with van der Waals surface area (Å²) in [6.45, 7) is 4.97. The third kappa shape index (κ3) is 8.48. The molecule has 0 saturated carbocycles. The highest BCUT2D eigenvalue weighted by Crippen LogP contribution is 2.07. The topological polar surface area (TPSA) is 64.4 Å². The number of carbonyl (C=O) groups excluding carboxylic acids is 1. The van der Waals surface area contributed by atoms with E-state index in [2.05, 4.69) is 19.2 Å². The fourth-order valence-corrected chi connectivity index (χ4v) is 1.97. The van der Waals surface area contributed by atoms with Crippen LogP contribution in [0.2, 0.25) is 0 Å². The SMILES string of the molecule is CCCCC(CCC)NC(=O)C(N)CCCOC. The number of rotatable bonds is 11. The molecule has 0 fully saturated rings. The molecule has 0 aromatic rings. The average Bonchev–Trinajstić information content (AvgIpc) is 2.36. The van der Waals surface area contributed by atoms with Crippen LogP contribution in [0.4, 0.5) is 0 Å². The minimum absolute atomic E-state index is 0.0133. The van der Waals surface area contributed by atoms with Crippen molar-refractivity contribution in [2.45, 2.75) is 70.9 Å². The van der Waals surface area contributed by atoms with Crippen molar-refractivity contribution < 1.29 is 9.53 Å². The van der Waals surface area contributed by atoms with Crippen molar-refractivity contribution in [3.8, 4) is 0 Å². The Morgan fingerprint density at radius 1 is 1.17 bits per heavy atom. The van der Waals surface area contributed by atoms with Gasteiger partial charge in [0.15, 0.2) is 0 Å². The normalized spacial score (nSPS) is 14.2. The molecule has 2 atom stereocenters. The van der Waals surface area contributed by atoms with Crippen molar-refractivity contribution in [1.29, 1.82) is 0 Å². The first-order valence-corrected chi connectivity index (χ1v) is 7.20. The summed E-state index contributed by atoms with van der Waals surface area (Å²) in [5.74, 6) is -0.0133. The Morgan fingerprint density at radius 3 is 2.44 bits per heavy atom. The second-order valence-corrected chi connectivity index (χ2v) is 4.88. The summed E-state index contributed by atoms with van der Waals surface area (Å²) in [5.41, 5.74) is 5.86. The zero-order chi connectivity index (χ0) is 13.8. The van der Waals surface area contributed by atoms with E-state index < -0.39 is 6.04 Å². The van der Waals surface area contributed by atoms with E-state index in [1.165, 1.54) is 0 Å². The molecule has 0 spiro atoms. The number of nitrogens with two attached hydrogens (primary N) is 1. The minimum Gasteiger partial charge on any atom is -0.385 e. The lowest BCUT2D eigenvalue weighted by Gasteiger charge is -2.20. The van der Waals surface area contributed by atoms with Crippen LogP contribution < -0.4 is 11.1 Å². The van der Waals surface area contributed by atoms with Gasteiger partial charge in [0.2, 0.25) is 5.91 Å². The number of unbranched alkanes of at least 4 members (excludes halogenated alkanes) is 1. The van der Waals surface area contributed by atoms with Crippen LogP contribution in [0.3, 0.4) is 0 Å². The van der Waals surface area contributed by atoms with Crippen molar-refractivity contribution in [2.75, 3.05) is 13.7 Å². The van der Waals surface area contributed by atoms with E-state index in [0.717, 1.165) is 38.5 Å². The fourth-order valence-electron chi connectivity index (χ4n) is 1.97. The second-order valence-electron chi connectivity index (χ2n) is 4.88. The lowest BCUT2D eigenvalue weighted by molar-refractivity contribution is -0.123. The standard InChI is InChI=1S/C14H30N2O2/c1-4-6-9-12(8-5-2)16-14(17)13(15)10-7-11-18-3/h12-13H,4-11,15H2,1-3H3,(H,16,17). The highest BCUT2D eigenvalue weighted by molar-refractivity contribution is 5.81. The van der Waals surface area contributed by atoms with Crippen LogP contribution in [-0.4, -0.2) is 31.7 Å². The molecule has 0 aromatic heterocycles. The van der Waals surface area contributed by atoms with E-state index >= 15 is 0 Å². The molecule has 0 aliphatic carbocycles. The van der Waals surface area contributed by atoms with E-state index in [-0.39, 0.29) is 11.9 Å². The Balaban J connectivity index is 3.97. The lowest BCUT2D eigenvalue weighted by atomic mass is 10.0. The van der Waals surface area contributed by atoms with E-state index in [1.807, 2.05) is 0 Å². The van der Waals surface area contributed by atoms with Crippen LogP contribution in [0.25, 0.3) is 0 Å². The Kier molecular flexibility index (Phi) is 11.1. The predicted molar refractivity (Wildman–Crippen MR) is 75.4 cm³/mol. The van der Waals surface area contributed by atoms with Gasteiger partial charge in [0, 0.05) is 19.8 Å². The highest BCUT2D eigenvalue weighted by Gasteiger charge is 2.16. The number of methoxy groups -OCH3 is 1. The van der Waals surface area contributed by atoms with Gasteiger partial charge in [-0.05, 0) is 25.7 Å². The van der Waals surface area contributed by atoms with Gasteiger partial charge in [-0.1, -0.05) is 33.1 Å². The molecule has 0 aliphatic rings. The largest absolute Gasteiger partial charge is 0.385 e. The third-order valence-electron chi connectivity index (χ3n) is 3.09. The quantitative estimate of drug-likeness (QED) is 0.558. The smallest absolute Gasteiger partial charge is 0.237 e. The molecular weight excluding hydrogens is 228 g/mol. The van der Waals surface area contributed by atoms with Crippen LogP contribution in [0.1, 0.15) is 58.8 Å². The molecule has 0 saturated heterocycles. The van der Waals surface area contributed by atoms with Crippen molar-refractivity contribution in [3.63, 3.8) is 0 Å². The van der Waals surface area contributed by atoms with Gasteiger partial charge in [0.1, 0.15) is 0 Å². The average molecular weight is 258 g/mol. The van der Waals surface area contributed by atoms with Crippen LogP contribution in [0, 0.1) is 0 Å². The van der Waals surface area contributed by atoms with Gasteiger partial charge in [-0.2, -0.15) is 0 Å². The summed E-state index contributed by atoms with van der Waals surface area (Å²) in [5, 5.41) is 3.07. The highest BCUT2D eigenvalue weighted by atomic mass is 16.5. The predicted octanol–water partition coefficient (Wildman–Crippen LogP) is 2.22. The molecule has 0 bridgehead atoms. The van der Waals surface area contributed by atoms with Gasteiger partial charge in [0.25, 0.3) is 0 Å². The van der Waals surface area contributed by atoms with Gasteiger partial charge in [-0.3, -0.25) is 4.79 Å². The van der Waals surface area contributed by atoms with Gasteiger partial charge in [-0.25, -0.2) is 0 Å². The lowest BCUT2D eigenvalue weighted by Crippen LogP contribution is -2.45. The van der Waals surface area contributed by atoms with Crippen molar-refractivity contribution in [1.82, 2.24) is 5.32 Å². The first kappa shape index (κ1) is 17.4. The van der Waals surface area contributed by atoms with Crippen LogP contribution >= 0.6 is 0 Å². The number of ether oxygens (including phenoxy) is 1. The zero-order valence-electron chi connectivity index (χ0n) is 12.2. The Morgan fingerprint density at radius 2 is 1.89 bits per heavy atom. The summed E-state index contributed by atoms with van der Waals surface area (Å²) < 4.78 is 4.96.